The van der Waals surface area contributed by atoms with Gasteiger partial charge < -0.3 is 25.6 Å². The van der Waals surface area contributed by atoms with Crippen LogP contribution in [-0.4, -0.2) is 76.2 Å². The van der Waals surface area contributed by atoms with Crippen LogP contribution < -0.4 is 16.0 Å². The van der Waals surface area contributed by atoms with Gasteiger partial charge in [0.2, 0.25) is 17.6 Å². The van der Waals surface area contributed by atoms with E-state index in [9.17, 15) is 24.0 Å². The number of halogens is 2. The smallest absolute Gasteiger partial charge is 0.408 e. The van der Waals surface area contributed by atoms with E-state index in [-0.39, 0.29) is 49.3 Å². The Morgan fingerprint density at radius 2 is 1.76 bits per heavy atom. The Hall–Kier alpha value is -2.33. The standard InChI is InChI=1S/C30H44Cl2N4O6/c1-4-10-20(25(37)27(39)33-15-5-2)34-26(38)24-22-19(30(22,31)32)16-36(24)28(40)23(18-12-7-6-8-13-18)35-29(41)42-21-14-9-11-17(21)3/h5,17-24H,2,4,6-16H2,1,3H3,(H,33,39)(H,34,38)(H,35,41). The molecule has 42 heavy (non-hydrogen) atoms. The van der Waals surface area contributed by atoms with Crippen molar-refractivity contribution in [3.05, 3.63) is 12.7 Å². The maximum absolute atomic E-state index is 14.2. The van der Waals surface area contributed by atoms with Crippen LogP contribution in [0.25, 0.3) is 0 Å². The number of carbonyl (C=O) groups excluding carboxylic acids is 5. The van der Waals surface area contributed by atoms with Crippen LogP contribution in [0.5, 0.6) is 0 Å². The molecule has 0 aromatic heterocycles. The molecule has 234 valence electrons. The van der Waals surface area contributed by atoms with Crippen molar-refractivity contribution in [3.63, 3.8) is 0 Å². The summed E-state index contributed by atoms with van der Waals surface area (Å²) in [5.41, 5.74) is 0. The highest BCUT2D eigenvalue weighted by Crippen LogP contribution is 2.65. The maximum Gasteiger partial charge on any atom is 0.408 e. The molecule has 12 heteroatoms. The minimum Gasteiger partial charge on any atom is -0.446 e. The molecule has 0 aromatic carbocycles. The van der Waals surface area contributed by atoms with Crippen molar-refractivity contribution in [2.45, 2.75) is 107 Å². The maximum atomic E-state index is 14.2. The molecule has 4 aliphatic rings. The lowest BCUT2D eigenvalue weighted by Crippen LogP contribution is -2.60. The van der Waals surface area contributed by atoms with Crippen molar-refractivity contribution in [1.29, 1.82) is 0 Å². The number of nitrogens with zero attached hydrogens (tertiary/aromatic N) is 1. The Bertz CT molecular complexity index is 1060. The van der Waals surface area contributed by atoms with Crippen LogP contribution in [0.4, 0.5) is 4.79 Å². The second-order valence-corrected chi connectivity index (χ2v) is 13.8. The number of fused-ring (bicyclic) bond motifs is 1. The van der Waals surface area contributed by atoms with Gasteiger partial charge in [-0.1, -0.05) is 45.6 Å². The van der Waals surface area contributed by atoms with Gasteiger partial charge in [-0.25, -0.2) is 4.79 Å². The number of amides is 4. The molecule has 0 bridgehead atoms. The van der Waals surface area contributed by atoms with E-state index in [4.69, 9.17) is 27.9 Å². The fourth-order valence-corrected chi connectivity index (χ4v) is 7.80. The van der Waals surface area contributed by atoms with Gasteiger partial charge in [-0.15, -0.1) is 29.8 Å². The number of piperidine rings is 1. The molecule has 10 nitrogen and oxygen atoms in total. The van der Waals surface area contributed by atoms with Gasteiger partial charge in [-0.05, 0) is 50.4 Å². The summed E-state index contributed by atoms with van der Waals surface area (Å²) in [7, 11) is 0. The summed E-state index contributed by atoms with van der Waals surface area (Å²) in [5.74, 6) is -3.26. The van der Waals surface area contributed by atoms with Crippen molar-refractivity contribution in [2.75, 3.05) is 13.1 Å². The fourth-order valence-electron chi connectivity index (χ4n) is 6.97. The molecule has 0 spiro atoms. The Kier molecular flexibility index (Phi) is 10.8. The third-order valence-corrected chi connectivity index (χ3v) is 10.5. The molecule has 1 aliphatic heterocycles. The summed E-state index contributed by atoms with van der Waals surface area (Å²) in [4.78, 5) is 67.7. The molecule has 4 rings (SSSR count). The zero-order valence-corrected chi connectivity index (χ0v) is 26.1. The molecule has 0 aromatic rings. The number of alkyl halides is 2. The third-order valence-electron chi connectivity index (χ3n) is 9.43. The average molecular weight is 628 g/mol. The van der Waals surface area contributed by atoms with E-state index in [0.29, 0.717) is 6.42 Å². The van der Waals surface area contributed by atoms with Crippen LogP contribution in [0, 0.1) is 23.7 Å². The number of likely N-dealkylation sites (tertiary alicyclic amines) is 1. The van der Waals surface area contributed by atoms with Gasteiger partial charge in [0.05, 0.1) is 6.04 Å². The van der Waals surface area contributed by atoms with Gasteiger partial charge in [-0.2, -0.15) is 0 Å². The summed E-state index contributed by atoms with van der Waals surface area (Å²) in [6.45, 7) is 7.69. The number of nitrogens with one attached hydrogen (secondary N) is 3. The molecule has 4 fully saturated rings. The summed E-state index contributed by atoms with van der Waals surface area (Å²) >= 11 is 13.0. The van der Waals surface area contributed by atoms with E-state index >= 15 is 0 Å². The molecule has 7 unspecified atom stereocenters. The molecule has 1 heterocycles. The van der Waals surface area contributed by atoms with E-state index in [1.165, 1.54) is 11.0 Å². The fraction of sp³-hybridized carbons (Fsp3) is 0.767. The number of ether oxygens (including phenoxy) is 1. The minimum atomic E-state index is -1.18. The van der Waals surface area contributed by atoms with E-state index < -0.39 is 52.1 Å². The quantitative estimate of drug-likeness (QED) is 0.172. The molecule has 0 radical (unpaired) electrons. The second kappa shape index (κ2) is 14.0. The van der Waals surface area contributed by atoms with E-state index in [2.05, 4.69) is 29.5 Å². The van der Waals surface area contributed by atoms with Crippen molar-refractivity contribution in [1.82, 2.24) is 20.9 Å². The molecule has 7 atom stereocenters. The molecule has 4 amide bonds. The Morgan fingerprint density at radius 1 is 1.05 bits per heavy atom. The first-order valence-corrected chi connectivity index (χ1v) is 16.2. The first-order chi connectivity index (χ1) is 20.0. The van der Waals surface area contributed by atoms with E-state index in [0.717, 1.165) is 51.4 Å². The number of hydrogen-bond donors (Lipinski definition) is 3. The zero-order valence-electron chi connectivity index (χ0n) is 24.5. The van der Waals surface area contributed by atoms with Gasteiger partial charge in [0.25, 0.3) is 5.91 Å². The molecular weight excluding hydrogens is 583 g/mol. The molecule has 3 aliphatic carbocycles. The monoisotopic (exact) mass is 626 g/mol. The van der Waals surface area contributed by atoms with Crippen LogP contribution >= 0.6 is 23.2 Å². The van der Waals surface area contributed by atoms with Crippen molar-refractivity contribution in [2.24, 2.45) is 23.7 Å². The summed E-state index contributed by atoms with van der Waals surface area (Å²) < 4.78 is 4.54. The number of rotatable bonds is 12. The number of ketones is 1. The average Bonchev–Trinajstić information content (AvgIpc) is 3.30. The molecule has 3 N–H and O–H groups in total. The van der Waals surface area contributed by atoms with Crippen LogP contribution in [0.1, 0.15) is 78.1 Å². The molecular formula is C30H44Cl2N4O6. The van der Waals surface area contributed by atoms with Gasteiger partial charge in [0, 0.05) is 24.9 Å². The number of Topliss-reactive ketones (excluding diaryl/α,β-unsaturated/α-hetero) is 1. The highest BCUT2D eigenvalue weighted by molar-refractivity contribution is 6.51. The third kappa shape index (κ3) is 7.07. The molecule has 1 saturated heterocycles. The summed E-state index contributed by atoms with van der Waals surface area (Å²) in [5, 5.41) is 8.03. The SMILES string of the molecule is C=CCNC(=O)C(=O)C(CCC)NC(=O)C1C2C(CN1C(=O)C(NC(=O)OC1CCCC1C)C1CCCCC1)C2(Cl)Cl. The normalized spacial score (nSPS) is 29.5. The van der Waals surface area contributed by atoms with Crippen LogP contribution in [-0.2, 0) is 23.9 Å². The lowest BCUT2D eigenvalue weighted by molar-refractivity contribution is -0.144. The lowest BCUT2D eigenvalue weighted by atomic mass is 9.83. The lowest BCUT2D eigenvalue weighted by Gasteiger charge is -2.36. The summed E-state index contributed by atoms with van der Waals surface area (Å²) in [6, 6.07) is -2.97. The van der Waals surface area contributed by atoms with E-state index in [1.54, 1.807) is 0 Å². The highest BCUT2D eigenvalue weighted by atomic mass is 35.5. The van der Waals surface area contributed by atoms with Gasteiger partial charge in [0.15, 0.2) is 0 Å². The summed E-state index contributed by atoms with van der Waals surface area (Å²) in [6.07, 6.45) is 8.71. The number of carbonyl (C=O) groups is 5. The predicted molar refractivity (Wildman–Crippen MR) is 159 cm³/mol. The van der Waals surface area contributed by atoms with Gasteiger partial charge in [-0.3, -0.25) is 19.2 Å². The van der Waals surface area contributed by atoms with Crippen molar-refractivity contribution >= 4 is 52.8 Å². The van der Waals surface area contributed by atoms with Crippen LogP contribution in [0.15, 0.2) is 12.7 Å². The second-order valence-electron chi connectivity index (χ2n) is 12.3. The van der Waals surface area contributed by atoms with Crippen molar-refractivity contribution in [3.8, 4) is 0 Å². The highest BCUT2D eigenvalue weighted by Gasteiger charge is 2.74. The Labute approximate surface area is 258 Å². The number of hydrogen-bond acceptors (Lipinski definition) is 6. The van der Waals surface area contributed by atoms with E-state index in [1.807, 2.05) is 6.92 Å². The van der Waals surface area contributed by atoms with Crippen LogP contribution in [0.2, 0.25) is 0 Å². The Morgan fingerprint density at radius 3 is 2.38 bits per heavy atom. The first kappa shape index (κ1) is 32.6. The van der Waals surface area contributed by atoms with Gasteiger partial charge >= 0.3 is 6.09 Å². The zero-order chi connectivity index (χ0) is 30.6. The van der Waals surface area contributed by atoms with Crippen molar-refractivity contribution < 1.29 is 28.7 Å². The predicted octanol–water partition coefficient (Wildman–Crippen LogP) is 3.64. The first-order valence-electron chi connectivity index (χ1n) is 15.4. The van der Waals surface area contributed by atoms with Crippen LogP contribution in [0.3, 0.4) is 0 Å². The number of alkyl carbamates (subject to hydrolysis) is 1. The minimum absolute atomic E-state index is 0.0971. The largest absolute Gasteiger partial charge is 0.446 e. The topological polar surface area (TPSA) is 134 Å². The molecule has 3 saturated carbocycles. The Balaban J connectivity index is 1.52. The van der Waals surface area contributed by atoms with Gasteiger partial charge in [0.1, 0.15) is 22.5 Å².